The molecule has 0 aliphatic rings. The molecule has 0 unspecified atom stereocenters. The van der Waals surface area contributed by atoms with Crippen LogP contribution >= 0.6 is 0 Å². The van der Waals surface area contributed by atoms with Crippen molar-refractivity contribution in [1.29, 1.82) is 0 Å². The Kier molecular flexibility index (Phi) is 7.85. The fourth-order valence-corrected chi connectivity index (χ4v) is 3.02. The number of rotatable bonds is 10. The molecule has 2 aromatic carbocycles. The zero-order valence-electron chi connectivity index (χ0n) is 14.5. The molecule has 0 spiro atoms. The monoisotopic (exact) mass is 310 g/mol. The zero-order valence-corrected chi connectivity index (χ0v) is 14.5. The third-order valence-corrected chi connectivity index (χ3v) is 4.35. The summed E-state index contributed by atoms with van der Waals surface area (Å²) in [5.41, 5.74) is 2.70. The Balaban J connectivity index is 1.90. The molecule has 2 atom stereocenters. The minimum atomic E-state index is 0.499. The van der Waals surface area contributed by atoms with E-state index in [1.165, 1.54) is 24.0 Å². The van der Waals surface area contributed by atoms with Crippen LogP contribution in [0.3, 0.4) is 0 Å². The fourth-order valence-electron chi connectivity index (χ4n) is 3.02. The standard InChI is InChI=1S/C21H30N2/c1-3-11-21(23-17-19-14-9-6-10-15-19)20(4-2)22-16-18-12-7-5-8-13-18/h5-10,12-15,20-23H,3-4,11,16-17H2,1-2H3/t20-,21+/m0/s1. The predicted octanol–water partition coefficient (Wildman–Crippen LogP) is 4.51. The fraction of sp³-hybridized carbons (Fsp3) is 0.429. The van der Waals surface area contributed by atoms with Crippen LogP contribution in [0, 0.1) is 0 Å². The first kappa shape index (κ1) is 17.7. The van der Waals surface area contributed by atoms with Crippen molar-refractivity contribution >= 4 is 0 Å². The summed E-state index contributed by atoms with van der Waals surface area (Å²) in [4.78, 5) is 0. The lowest BCUT2D eigenvalue weighted by atomic mass is 10.00. The molecule has 23 heavy (non-hydrogen) atoms. The van der Waals surface area contributed by atoms with E-state index in [4.69, 9.17) is 0 Å². The van der Waals surface area contributed by atoms with Crippen molar-refractivity contribution < 1.29 is 0 Å². The van der Waals surface area contributed by atoms with Crippen molar-refractivity contribution in [3.8, 4) is 0 Å². The highest BCUT2D eigenvalue weighted by Crippen LogP contribution is 2.10. The summed E-state index contributed by atoms with van der Waals surface area (Å²) in [6.07, 6.45) is 3.54. The molecule has 124 valence electrons. The van der Waals surface area contributed by atoms with E-state index in [9.17, 15) is 0 Å². The van der Waals surface area contributed by atoms with E-state index < -0.39 is 0 Å². The number of hydrogen-bond acceptors (Lipinski definition) is 2. The van der Waals surface area contributed by atoms with Crippen molar-refractivity contribution in [3.05, 3.63) is 71.8 Å². The lowest BCUT2D eigenvalue weighted by Gasteiger charge is -2.28. The Morgan fingerprint density at radius 3 is 1.61 bits per heavy atom. The van der Waals surface area contributed by atoms with Gasteiger partial charge in [-0.25, -0.2) is 0 Å². The van der Waals surface area contributed by atoms with E-state index >= 15 is 0 Å². The van der Waals surface area contributed by atoms with Crippen molar-refractivity contribution in [2.45, 2.75) is 58.3 Å². The van der Waals surface area contributed by atoms with E-state index in [1.807, 2.05) is 0 Å². The van der Waals surface area contributed by atoms with Gasteiger partial charge in [0.15, 0.2) is 0 Å². The number of hydrogen-bond donors (Lipinski definition) is 2. The van der Waals surface area contributed by atoms with Crippen LogP contribution in [-0.2, 0) is 13.1 Å². The lowest BCUT2D eigenvalue weighted by molar-refractivity contribution is 0.338. The Morgan fingerprint density at radius 2 is 1.17 bits per heavy atom. The molecule has 2 rings (SSSR count). The van der Waals surface area contributed by atoms with E-state index in [0.29, 0.717) is 12.1 Å². The maximum Gasteiger partial charge on any atom is 0.0224 e. The summed E-state index contributed by atoms with van der Waals surface area (Å²) in [5.74, 6) is 0. The van der Waals surface area contributed by atoms with Crippen molar-refractivity contribution in [1.82, 2.24) is 10.6 Å². The van der Waals surface area contributed by atoms with Gasteiger partial charge in [0.1, 0.15) is 0 Å². The molecule has 0 fully saturated rings. The molecule has 0 saturated heterocycles. The SMILES string of the molecule is CCC[C@@H](NCc1ccccc1)[C@H](CC)NCc1ccccc1. The quantitative estimate of drug-likeness (QED) is 0.674. The van der Waals surface area contributed by atoms with E-state index in [-0.39, 0.29) is 0 Å². The maximum absolute atomic E-state index is 3.76. The molecule has 0 heterocycles. The van der Waals surface area contributed by atoms with Gasteiger partial charge >= 0.3 is 0 Å². The van der Waals surface area contributed by atoms with E-state index in [1.54, 1.807) is 0 Å². The van der Waals surface area contributed by atoms with Crippen LogP contribution in [0.4, 0.5) is 0 Å². The Hall–Kier alpha value is -1.64. The molecular weight excluding hydrogens is 280 g/mol. The van der Waals surface area contributed by atoms with Crippen molar-refractivity contribution in [2.75, 3.05) is 0 Å². The minimum Gasteiger partial charge on any atom is -0.308 e. The largest absolute Gasteiger partial charge is 0.308 e. The van der Waals surface area contributed by atoms with Gasteiger partial charge in [0.2, 0.25) is 0 Å². The molecule has 0 amide bonds. The molecule has 2 heteroatoms. The second-order valence-corrected chi connectivity index (χ2v) is 6.14. The first-order valence-electron chi connectivity index (χ1n) is 8.88. The molecule has 2 aromatic rings. The maximum atomic E-state index is 3.76. The van der Waals surface area contributed by atoms with Gasteiger partial charge in [0.05, 0.1) is 0 Å². The van der Waals surface area contributed by atoms with Crippen molar-refractivity contribution in [2.24, 2.45) is 0 Å². The summed E-state index contributed by atoms with van der Waals surface area (Å²) in [6, 6.07) is 22.3. The molecule has 0 bridgehead atoms. The summed E-state index contributed by atoms with van der Waals surface area (Å²) in [7, 11) is 0. The molecule has 2 nitrogen and oxygen atoms in total. The molecule has 0 saturated carbocycles. The molecule has 0 aromatic heterocycles. The minimum absolute atomic E-state index is 0.499. The van der Waals surface area contributed by atoms with E-state index in [0.717, 1.165) is 19.5 Å². The third-order valence-electron chi connectivity index (χ3n) is 4.35. The molecular formula is C21H30N2. The van der Waals surface area contributed by atoms with Gasteiger partial charge in [0.25, 0.3) is 0 Å². The first-order chi connectivity index (χ1) is 11.3. The summed E-state index contributed by atoms with van der Waals surface area (Å²) >= 11 is 0. The van der Waals surface area contributed by atoms with Crippen LogP contribution in [0.25, 0.3) is 0 Å². The van der Waals surface area contributed by atoms with Gasteiger partial charge in [-0.15, -0.1) is 0 Å². The topological polar surface area (TPSA) is 24.1 Å². The average Bonchev–Trinajstić information content (AvgIpc) is 2.62. The van der Waals surface area contributed by atoms with E-state index in [2.05, 4.69) is 85.1 Å². The molecule has 2 N–H and O–H groups in total. The predicted molar refractivity (Wildman–Crippen MR) is 99.3 cm³/mol. The van der Waals surface area contributed by atoms with Gasteiger partial charge in [-0.05, 0) is 24.0 Å². The van der Waals surface area contributed by atoms with Gasteiger partial charge < -0.3 is 10.6 Å². The smallest absolute Gasteiger partial charge is 0.0224 e. The third kappa shape index (κ3) is 6.17. The van der Waals surface area contributed by atoms with Crippen LogP contribution in [0.5, 0.6) is 0 Å². The van der Waals surface area contributed by atoms with Crippen LogP contribution < -0.4 is 10.6 Å². The lowest BCUT2D eigenvalue weighted by Crippen LogP contribution is -2.47. The molecule has 0 aliphatic heterocycles. The van der Waals surface area contributed by atoms with Crippen LogP contribution in [-0.4, -0.2) is 12.1 Å². The van der Waals surface area contributed by atoms with Crippen molar-refractivity contribution in [3.63, 3.8) is 0 Å². The Morgan fingerprint density at radius 1 is 0.696 bits per heavy atom. The average molecular weight is 310 g/mol. The normalized spacial score (nSPS) is 13.7. The highest BCUT2D eigenvalue weighted by atomic mass is 15.0. The van der Waals surface area contributed by atoms with Gasteiger partial charge in [0, 0.05) is 25.2 Å². The van der Waals surface area contributed by atoms with Gasteiger partial charge in [-0.1, -0.05) is 80.9 Å². The second kappa shape index (κ2) is 10.2. The second-order valence-electron chi connectivity index (χ2n) is 6.14. The van der Waals surface area contributed by atoms with Crippen LogP contribution in [0.15, 0.2) is 60.7 Å². The Labute approximate surface area is 141 Å². The number of nitrogens with one attached hydrogen (secondary N) is 2. The molecule has 0 aliphatic carbocycles. The van der Waals surface area contributed by atoms with Gasteiger partial charge in [-0.2, -0.15) is 0 Å². The van der Waals surface area contributed by atoms with Crippen LogP contribution in [0.2, 0.25) is 0 Å². The Bertz CT molecular complexity index is 524. The summed E-state index contributed by atoms with van der Waals surface area (Å²) in [5, 5.41) is 7.51. The molecule has 0 radical (unpaired) electrons. The zero-order chi connectivity index (χ0) is 16.3. The highest BCUT2D eigenvalue weighted by Gasteiger charge is 2.18. The first-order valence-corrected chi connectivity index (χ1v) is 8.88. The van der Waals surface area contributed by atoms with Crippen LogP contribution in [0.1, 0.15) is 44.2 Å². The summed E-state index contributed by atoms with van der Waals surface area (Å²) < 4.78 is 0. The number of benzene rings is 2. The summed E-state index contributed by atoms with van der Waals surface area (Å²) in [6.45, 7) is 6.41. The highest BCUT2D eigenvalue weighted by molar-refractivity contribution is 5.15. The van der Waals surface area contributed by atoms with Gasteiger partial charge in [-0.3, -0.25) is 0 Å².